The molecule has 0 heterocycles. The van der Waals surface area contributed by atoms with E-state index in [2.05, 4.69) is 0 Å². The van der Waals surface area contributed by atoms with E-state index in [0.29, 0.717) is 17.0 Å². The Kier molecular flexibility index (Phi) is 5.05. The molecule has 27 heavy (non-hydrogen) atoms. The van der Waals surface area contributed by atoms with Crippen LogP contribution in [-0.2, 0) is 14.8 Å². The van der Waals surface area contributed by atoms with E-state index in [1.165, 1.54) is 18.2 Å². The topological polar surface area (TPSA) is 98.5 Å². The van der Waals surface area contributed by atoms with E-state index in [0.717, 1.165) is 16.3 Å². The van der Waals surface area contributed by atoms with E-state index in [4.69, 9.17) is 10.5 Å². The average molecular weight is 384 g/mol. The monoisotopic (exact) mass is 384 g/mol. The van der Waals surface area contributed by atoms with E-state index in [1.807, 2.05) is 42.0 Å². The fourth-order valence-electron chi connectivity index (χ4n) is 2.79. The number of nitrogens with two attached hydrogens (primary N) is 1. The van der Waals surface area contributed by atoms with Gasteiger partial charge < -0.3 is 10.5 Å². The summed E-state index contributed by atoms with van der Waals surface area (Å²) in [7, 11) is -3.99. The van der Waals surface area contributed by atoms with E-state index >= 15 is 0 Å². The first kappa shape index (κ1) is 18.7. The smallest absolute Gasteiger partial charge is 0.271 e. The molecule has 0 aliphatic carbocycles. The van der Waals surface area contributed by atoms with Crippen molar-refractivity contribution in [2.45, 2.75) is 18.7 Å². The molecule has 7 heteroatoms. The summed E-state index contributed by atoms with van der Waals surface area (Å²) in [5.74, 6) is -0.264. The lowest BCUT2D eigenvalue weighted by atomic mass is 10.1. The lowest BCUT2D eigenvalue weighted by Gasteiger charge is -2.11. The van der Waals surface area contributed by atoms with Crippen LogP contribution >= 0.6 is 0 Å². The van der Waals surface area contributed by atoms with Crippen molar-refractivity contribution in [1.82, 2.24) is 4.72 Å². The molecule has 3 rings (SSSR count). The van der Waals surface area contributed by atoms with Gasteiger partial charge >= 0.3 is 0 Å². The van der Waals surface area contributed by atoms with Crippen molar-refractivity contribution < 1.29 is 17.9 Å². The predicted octanol–water partition coefficient (Wildman–Crippen LogP) is 2.92. The second-order valence-corrected chi connectivity index (χ2v) is 8.01. The van der Waals surface area contributed by atoms with E-state index < -0.39 is 22.5 Å². The van der Waals surface area contributed by atoms with Crippen LogP contribution in [0.25, 0.3) is 10.8 Å². The van der Waals surface area contributed by atoms with Crippen LogP contribution in [0, 0.1) is 13.8 Å². The molecule has 0 aliphatic heterocycles. The number of sulfonamides is 1. The van der Waals surface area contributed by atoms with Gasteiger partial charge in [-0.1, -0.05) is 29.8 Å². The summed E-state index contributed by atoms with van der Waals surface area (Å²) in [6, 6.07) is 15.8. The summed E-state index contributed by atoms with van der Waals surface area (Å²) in [5, 5.41) is 2.04. The summed E-state index contributed by atoms with van der Waals surface area (Å²) >= 11 is 0. The first-order valence-electron chi connectivity index (χ1n) is 8.29. The standard InChI is InChI=1S/C20H20N2O4S/c1-13-3-4-15-5-7-18(11-16(15)9-13)26-12-20(23)22-27(24,25)19-8-6-17(21)10-14(19)2/h3-11H,12,21H2,1-2H3,(H,22,23). The van der Waals surface area contributed by atoms with E-state index in [9.17, 15) is 13.2 Å². The maximum absolute atomic E-state index is 12.4. The van der Waals surface area contributed by atoms with Crippen LogP contribution in [0.1, 0.15) is 11.1 Å². The van der Waals surface area contributed by atoms with Gasteiger partial charge in [0.1, 0.15) is 5.75 Å². The number of fused-ring (bicyclic) bond motifs is 1. The molecule has 0 saturated carbocycles. The molecule has 0 fully saturated rings. The Balaban J connectivity index is 1.69. The number of benzene rings is 3. The summed E-state index contributed by atoms with van der Waals surface area (Å²) in [6.45, 7) is 3.19. The fraction of sp³-hybridized carbons (Fsp3) is 0.150. The largest absolute Gasteiger partial charge is 0.484 e. The highest BCUT2D eigenvalue weighted by Gasteiger charge is 2.20. The fourth-order valence-corrected chi connectivity index (χ4v) is 3.99. The van der Waals surface area contributed by atoms with Gasteiger partial charge in [0.25, 0.3) is 15.9 Å². The Morgan fingerprint density at radius 3 is 2.48 bits per heavy atom. The van der Waals surface area contributed by atoms with Gasteiger partial charge in [0, 0.05) is 5.69 Å². The van der Waals surface area contributed by atoms with Crippen molar-refractivity contribution in [3.05, 3.63) is 65.7 Å². The molecule has 1 amide bonds. The zero-order valence-electron chi connectivity index (χ0n) is 15.0. The molecule has 3 aromatic carbocycles. The number of nitrogen functional groups attached to an aromatic ring is 1. The van der Waals surface area contributed by atoms with Gasteiger partial charge in [-0.05, 0) is 60.5 Å². The normalized spacial score (nSPS) is 11.3. The van der Waals surface area contributed by atoms with Gasteiger partial charge in [0.05, 0.1) is 4.90 Å². The van der Waals surface area contributed by atoms with Gasteiger partial charge in [0.2, 0.25) is 0 Å². The molecule has 0 aliphatic rings. The van der Waals surface area contributed by atoms with Crippen LogP contribution in [0.3, 0.4) is 0 Å². The number of hydrogen-bond acceptors (Lipinski definition) is 5. The van der Waals surface area contributed by atoms with E-state index in [-0.39, 0.29) is 4.90 Å². The van der Waals surface area contributed by atoms with E-state index in [1.54, 1.807) is 13.0 Å². The third-order valence-corrected chi connectivity index (χ3v) is 5.61. The van der Waals surface area contributed by atoms with Crippen LogP contribution in [-0.4, -0.2) is 20.9 Å². The highest BCUT2D eigenvalue weighted by molar-refractivity contribution is 7.90. The van der Waals surface area contributed by atoms with Gasteiger partial charge in [-0.2, -0.15) is 0 Å². The van der Waals surface area contributed by atoms with Crippen LogP contribution in [0.5, 0.6) is 5.75 Å². The van der Waals surface area contributed by atoms with Gasteiger partial charge in [-0.3, -0.25) is 4.79 Å². The third kappa shape index (κ3) is 4.38. The molecule has 3 N–H and O–H groups in total. The Hall–Kier alpha value is -3.06. The number of aryl methyl sites for hydroxylation is 2. The molecule has 140 valence electrons. The van der Waals surface area contributed by atoms with Crippen molar-refractivity contribution in [1.29, 1.82) is 0 Å². The molecule has 0 unspecified atom stereocenters. The molecular formula is C20H20N2O4S. The number of hydrogen-bond donors (Lipinski definition) is 2. The Morgan fingerprint density at radius 2 is 1.74 bits per heavy atom. The molecule has 6 nitrogen and oxygen atoms in total. The van der Waals surface area contributed by atoms with Crippen LogP contribution in [0.2, 0.25) is 0 Å². The zero-order chi connectivity index (χ0) is 19.6. The van der Waals surface area contributed by atoms with Crippen molar-refractivity contribution in [3.8, 4) is 5.75 Å². The molecule has 3 aromatic rings. The number of rotatable bonds is 5. The second-order valence-electron chi connectivity index (χ2n) is 6.35. The van der Waals surface area contributed by atoms with Crippen LogP contribution in [0.15, 0.2) is 59.5 Å². The molecule has 0 aromatic heterocycles. The maximum Gasteiger partial charge on any atom is 0.271 e. The third-order valence-electron chi connectivity index (χ3n) is 4.07. The highest BCUT2D eigenvalue weighted by Crippen LogP contribution is 2.22. The predicted molar refractivity (Wildman–Crippen MR) is 105 cm³/mol. The maximum atomic E-state index is 12.4. The number of carbonyl (C=O) groups excluding carboxylic acids is 1. The molecule has 0 bridgehead atoms. The summed E-state index contributed by atoms with van der Waals surface area (Å²) in [5.41, 5.74) is 7.65. The molecule has 0 saturated heterocycles. The number of ether oxygens (including phenoxy) is 1. The molecular weight excluding hydrogens is 364 g/mol. The number of amides is 1. The van der Waals surface area contributed by atoms with Crippen LogP contribution in [0.4, 0.5) is 5.69 Å². The summed E-state index contributed by atoms with van der Waals surface area (Å²) < 4.78 is 32.2. The van der Waals surface area contributed by atoms with Crippen LogP contribution < -0.4 is 15.2 Å². The zero-order valence-corrected chi connectivity index (χ0v) is 15.8. The van der Waals surface area contributed by atoms with Crippen molar-refractivity contribution in [2.75, 3.05) is 12.3 Å². The Morgan fingerprint density at radius 1 is 1.00 bits per heavy atom. The highest BCUT2D eigenvalue weighted by atomic mass is 32.2. The van der Waals surface area contributed by atoms with Crippen molar-refractivity contribution in [3.63, 3.8) is 0 Å². The summed E-state index contributed by atoms with van der Waals surface area (Å²) in [6.07, 6.45) is 0. The second kappa shape index (κ2) is 7.28. The minimum absolute atomic E-state index is 0.00577. The van der Waals surface area contributed by atoms with Gasteiger partial charge in [0.15, 0.2) is 6.61 Å². The molecule has 0 radical (unpaired) electrons. The van der Waals surface area contributed by atoms with Gasteiger partial charge in [-0.15, -0.1) is 0 Å². The lowest BCUT2D eigenvalue weighted by molar-refractivity contribution is -0.121. The number of carbonyl (C=O) groups is 1. The Bertz CT molecular complexity index is 1120. The average Bonchev–Trinajstić information content (AvgIpc) is 2.58. The SMILES string of the molecule is Cc1ccc2ccc(OCC(=O)NS(=O)(=O)c3ccc(N)cc3C)cc2c1. The van der Waals surface area contributed by atoms with Crippen molar-refractivity contribution >= 4 is 32.4 Å². The first-order valence-corrected chi connectivity index (χ1v) is 9.78. The number of anilines is 1. The van der Waals surface area contributed by atoms with Gasteiger partial charge in [-0.25, -0.2) is 13.1 Å². The summed E-state index contributed by atoms with van der Waals surface area (Å²) in [4.78, 5) is 12.1. The minimum atomic E-state index is -3.99. The first-order chi connectivity index (χ1) is 12.7. The quantitative estimate of drug-likeness (QED) is 0.659. The molecule has 0 spiro atoms. The number of nitrogens with one attached hydrogen (secondary N) is 1. The lowest BCUT2D eigenvalue weighted by Crippen LogP contribution is -2.34. The van der Waals surface area contributed by atoms with Crippen molar-refractivity contribution in [2.24, 2.45) is 0 Å². The Labute approximate surface area is 158 Å². The minimum Gasteiger partial charge on any atom is -0.484 e. The molecule has 0 atom stereocenters.